The third kappa shape index (κ3) is 4.04. The molecule has 0 saturated heterocycles. The molecule has 0 aliphatic rings. The van der Waals surface area contributed by atoms with Crippen molar-refractivity contribution >= 4 is 15.9 Å². The zero-order chi connectivity index (χ0) is 14.0. The van der Waals surface area contributed by atoms with Gasteiger partial charge in [-0.05, 0) is 37.6 Å². The maximum Gasteiger partial charge on any atom is 0.127 e. The number of nitrogens with two attached hydrogens (primary N) is 1. The van der Waals surface area contributed by atoms with Crippen LogP contribution in [-0.4, -0.2) is 18.6 Å². The molecule has 0 aliphatic carbocycles. The molecular formula is C14H22BrFN2. The quantitative estimate of drug-likeness (QED) is 0.875. The van der Waals surface area contributed by atoms with Crippen molar-refractivity contribution in [2.24, 2.45) is 5.73 Å². The van der Waals surface area contributed by atoms with Crippen molar-refractivity contribution < 1.29 is 4.39 Å². The molecule has 2 nitrogen and oxygen atoms in total. The van der Waals surface area contributed by atoms with Crippen molar-refractivity contribution in [2.75, 3.05) is 13.1 Å². The van der Waals surface area contributed by atoms with Crippen molar-refractivity contribution in [3.05, 3.63) is 34.1 Å². The van der Waals surface area contributed by atoms with Crippen molar-refractivity contribution in [1.82, 2.24) is 5.32 Å². The predicted octanol–water partition coefficient (Wildman–Crippen LogP) is 3.19. The van der Waals surface area contributed by atoms with E-state index in [1.165, 1.54) is 6.07 Å². The molecule has 4 heteroatoms. The van der Waals surface area contributed by atoms with Crippen LogP contribution in [-0.2, 0) is 5.41 Å². The van der Waals surface area contributed by atoms with E-state index in [1.807, 2.05) is 33.8 Å². The molecular weight excluding hydrogens is 295 g/mol. The number of nitrogens with one attached hydrogen (secondary N) is 1. The van der Waals surface area contributed by atoms with E-state index in [4.69, 9.17) is 5.73 Å². The molecule has 0 atom stereocenters. The zero-order valence-electron chi connectivity index (χ0n) is 11.5. The van der Waals surface area contributed by atoms with E-state index < -0.39 is 0 Å². The van der Waals surface area contributed by atoms with E-state index in [1.54, 1.807) is 6.07 Å². The predicted molar refractivity (Wildman–Crippen MR) is 78.3 cm³/mol. The summed E-state index contributed by atoms with van der Waals surface area (Å²) in [6.07, 6.45) is 0. The summed E-state index contributed by atoms with van der Waals surface area (Å²) in [5.41, 5.74) is 5.96. The van der Waals surface area contributed by atoms with E-state index in [0.29, 0.717) is 18.7 Å². The number of hydrogen-bond donors (Lipinski definition) is 2. The van der Waals surface area contributed by atoms with Gasteiger partial charge in [-0.1, -0.05) is 29.8 Å². The van der Waals surface area contributed by atoms with E-state index in [9.17, 15) is 4.39 Å². The molecule has 1 rings (SSSR count). The molecule has 0 aliphatic heterocycles. The molecule has 0 amide bonds. The molecule has 0 fully saturated rings. The first-order valence-electron chi connectivity index (χ1n) is 6.08. The van der Waals surface area contributed by atoms with E-state index in [-0.39, 0.29) is 16.8 Å². The van der Waals surface area contributed by atoms with E-state index in [0.717, 1.165) is 4.47 Å². The Labute approximate surface area is 117 Å². The summed E-state index contributed by atoms with van der Waals surface area (Å²) in [4.78, 5) is 0. The van der Waals surface area contributed by atoms with Crippen molar-refractivity contribution in [3.63, 3.8) is 0 Å². The lowest BCUT2D eigenvalue weighted by atomic mass is 9.83. The van der Waals surface area contributed by atoms with Crippen molar-refractivity contribution in [1.29, 1.82) is 0 Å². The Balaban J connectivity index is 2.89. The first kappa shape index (κ1) is 15.6. The molecule has 0 aromatic heterocycles. The van der Waals surface area contributed by atoms with Gasteiger partial charge in [-0.25, -0.2) is 4.39 Å². The molecule has 18 heavy (non-hydrogen) atoms. The van der Waals surface area contributed by atoms with Gasteiger partial charge < -0.3 is 11.1 Å². The molecule has 0 spiro atoms. The second-order valence-corrected chi connectivity index (χ2v) is 6.87. The Hall–Kier alpha value is -0.450. The third-order valence-electron chi connectivity index (χ3n) is 3.18. The second kappa shape index (κ2) is 5.68. The Morgan fingerprint density at radius 1 is 1.28 bits per heavy atom. The average molecular weight is 317 g/mol. The van der Waals surface area contributed by atoms with Crippen LogP contribution < -0.4 is 11.1 Å². The van der Waals surface area contributed by atoms with Gasteiger partial charge in [-0.3, -0.25) is 0 Å². The molecule has 0 bridgehead atoms. The summed E-state index contributed by atoms with van der Waals surface area (Å²) >= 11 is 3.39. The van der Waals surface area contributed by atoms with E-state index in [2.05, 4.69) is 21.2 Å². The van der Waals surface area contributed by atoms with Gasteiger partial charge in [0.05, 0.1) is 0 Å². The van der Waals surface area contributed by atoms with Crippen LogP contribution >= 0.6 is 15.9 Å². The van der Waals surface area contributed by atoms with Gasteiger partial charge in [0.2, 0.25) is 0 Å². The highest BCUT2D eigenvalue weighted by Crippen LogP contribution is 2.28. The lowest BCUT2D eigenvalue weighted by Gasteiger charge is -2.32. The summed E-state index contributed by atoms with van der Waals surface area (Å²) in [7, 11) is 0. The van der Waals surface area contributed by atoms with Crippen LogP contribution in [0.2, 0.25) is 0 Å². The molecule has 0 heterocycles. The summed E-state index contributed by atoms with van der Waals surface area (Å²) in [6.45, 7) is 9.35. The molecule has 0 unspecified atom stereocenters. The summed E-state index contributed by atoms with van der Waals surface area (Å²) in [6, 6.07) is 5.05. The molecule has 102 valence electrons. The van der Waals surface area contributed by atoms with Crippen LogP contribution in [0.5, 0.6) is 0 Å². The average Bonchev–Trinajstić information content (AvgIpc) is 2.30. The van der Waals surface area contributed by atoms with Crippen LogP contribution in [0.3, 0.4) is 0 Å². The van der Waals surface area contributed by atoms with E-state index >= 15 is 0 Å². The highest BCUT2D eigenvalue weighted by atomic mass is 79.9. The van der Waals surface area contributed by atoms with Gasteiger partial charge in [0, 0.05) is 28.5 Å². The third-order valence-corrected chi connectivity index (χ3v) is 3.67. The minimum atomic E-state index is -0.291. The van der Waals surface area contributed by atoms with Gasteiger partial charge in [0.1, 0.15) is 5.82 Å². The van der Waals surface area contributed by atoms with Gasteiger partial charge in [-0.15, -0.1) is 0 Å². The fourth-order valence-electron chi connectivity index (χ4n) is 1.64. The second-order valence-electron chi connectivity index (χ2n) is 5.95. The highest BCUT2D eigenvalue weighted by molar-refractivity contribution is 9.10. The SMILES string of the molecule is CC(C)(CN)NCC(C)(C)c1cc(Br)ccc1F. The lowest BCUT2D eigenvalue weighted by molar-refractivity contribution is 0.341. The van der Waals surface area contributed by atoms with Crippen LogP contribution in [0.15, 0.2) is 22.7 Å². The fraction of sp³-hybridized carbons (Fsp3) is 0.571. The fourth-order valence-corrected chi connectivity index (χ4v) is 2.00. The molecule has 3 N–H and O–H groups in total. The summed E-state index contributed by atoms with van der Waals surface area (Å²) in [5.74, 6) is -0.171. The standard InChI is InChI=1S/C14H22BrFN2/c1-13(2,9-18-14(3,4)8-17)11-7-10(15)5-6-12(11)16/h5-7,18H,8-9,17H2,1-4H3. The van der Waals surface area contributed by atoms with Gasteiger partial charge in [0.15, 0.2) is 0 Å². The van der Waals surface area contributed by atoms with Crippen LogP contribution in [0.25, 0.3) is 0 Å². The maximum atomic E-state index is 13.9. The highest BCUT2D eigenvalue weighted by Gasteiger charge is 2.27. The Morgan fingerprint density at radius 2 is 1.89 bits per heavy atom. The first-order valence-corrected chi connectivity index (χ1v) is 6.88. The van der Waals surface area contributed by atoms with Gasteiger partial charge in [-0.2, -0.15) is 0 Å². The normalized spacial score (nSPS) is 12.8. The van der Waals surface area contributed by atoms with Gasteiger partial charge >= 0.3 is 0 Å². The monoisotopic (exact) mass is 316 g/mol. The molecule has 1 aromatic carbocycles. The topological polar surface area (TPSA) is 38.0 Å². The number of rotatable bonds is 5. The van der Waals surface area contributed by atoms with Crippen LogP contribution in [0, 0.1) is 5.82 Å². The Kier molecular flexibility index (Phi) is 4.92. The minimum Gasteiger partial charge on any atom is -0.329 e. The molecule has 0 radical (unpaired) electrons. The summed E-state index contributed by atoms with van der Waals surface area (Å²) < 4.78 is 14.8. The summed E-state index contributed by atoms with van der Waals surface area (Å²) in [5, 5.41) is 3.39. The van der Waals surface area contributed by atoms with Gasteiger partial charge in [0.25, 0.3) is 0 Å². The maximum absolute atomic E-state index is 13.9. The zero-order valence-corrected chi connectivity index (χ0v) is 13.1. The number of halogens is 2. The lowest BCUT2D eigenvalue weighted by Crippen LogP contribution is -2.50. The number of hydrogen-bond acceptors (Lipinski definition) is 2. The largest absolute Gasteiger partial charge is 0.329 e. The molecule has 0 saturated carbocycles. The molecule has 1 aromatic rings. The van der Waals surface area contributed by atoms with Crippen LogP contribution in [0.1, 0.15) is 33.3 Å². The first-order chi connectivity index (χ1) is 8.18. The Morgan fingerprint density at radius 3 is 2.44 bits per heavy atom. The van der Waals surface area contributed by atoms with Crippen LogP contribution in [0.4, 0.5) is 4.39 Å². The Bertz CT molecular complexity index is 416. The van der Waals surface area contributed by atoms with Crippen molar-refractivity contribution in [3.8, 4) is 0 Å². The number of benzene rings is 1. The van der Waals surface area contributed by atoms with Crippen molar-refractivity contribution in [2.45, 2.75) is 38.6 Å². The smallest absolute Gasteiger partial charge is 0.127 e. The minimum absolute atomic E-state index is 0.139.